The number of hydrogen-bond acceptors (Lipinski definition) is 5. The minimum absolute atomic E-state index is 0.0889. The van der Waals surface area contributed by atoms with Gasteiger partial charge >= 0.3 is 0 Å². The van der Waals surface area contributed by atoms with Crippen molar-refractivity contribution in [3.63, 3.8) is 0 Å². The second kappa shape index (κ2) is 7.15. The first kappa shape index (κ1) is 14.7. The number of hydrogen-bond donors (Lipinski definition) is 2. The van der Waals surface area contributed by atoms with Gasteiger partial charge in [0.1, 0.15) is 0 Å². The highest BCUT2D eigenvalue weighted by molar-refractivity contribution is 7.09. The first-order chi connectivity index (χ1) is 10.8. The highest BCUT2D eigenvalue weighted by Gasteiger charge is 2.05. The van der Waals surface area contributed by atoms with Crippen molar-refractivity contribution in [2.24, 2.45) is 0 Å². The molecular weight excluding hydrogens is 294 g/mol. The molecule has 22 heavy (non-hydrogen) atoms. The van der Waals surface area contributed by atoms with Crippen LogP contribution in [0, 0.1) is 0 Å². The third-order valence-electron chi connectivity index (χ3n) is 3.35. The van der Waals surface area contributed by atoms with Crippen LogP contribution in [0.3, 0.4) is 0 Å². The lowest BCUT2D eigenvalue weighted by atomic mass is 10.1. The number of aliphatic hydroxyl groups is 1. The zero-order valence-corrected chi connectivity index (χ0v) is 12.9. The molecule has 0 bridgehead atoms. The summed E-state index contributed by atoms with van der Waals surface area (Å²) < 4.78 is 4.38. The van der Waals surface area contributed by atoms with Gasteiger partial charge in [-0.3, -0.25) is 0 Å². The molecule has 5 heteroatoms. The zero-order chi connectivity index (χ0) is 15.2. The van der Waals surface area contributed by atoms with Crippen LogP contribution in [0.5, 0.6) is 0 Å². The molecule has 0 unspecified atom stereocenters. The molecule has 0 aliphatic rings. The topological polar surface area (TPSA) is 58.0 Å². The molecule has 1 aromatic heterocycles. The van der Waals surface area contributed by atoms with Crippen molar-refractivity contribution in [2.75, 3.05) is 11.9 Å². The van der Waals surface area contributed by atoms with E-state index in [1.54, 1.807) is 0 Å². The van der Waals surface area contributed by atoms with Crippen molar-refractivity contribution in [1.29, 1.82) is 0 Å². The molecule has 112 valence electrons. The summed E-state index contributed by atoms with van der Waals surface area (Å²) in [5.41, 5.74) is 3.21. The number of aromatic nitrogens is 2. The molecule has 3 rings (SSSR count). The highest BCUT2D eigenvalue weighted by Crippen LogP contribution is 2.20. The molecule has 0 saturated carbocycles. The van der Waals surface area contributed by atoms with Gasteiger partial charge in [-0.05, 0) is 17.5 Å². The monoisotopic (exact) mass is 311 g/mol. The van der Waals surface area contributed by atoms with Crippen molar-refractivity contribution in [1.82, 2.24) is 9.36 Å². The lowest BCUT2D eigenvalue weighted by molar-refractivity contribution is 0.282. The zero-order valence-electron chi connectivity index (χ0n) is 12.1. The molecule has 0 aliphatic heterocycles. The van der Waals surface area contributed by atoms with E-state index < -0.39 is 0 Å². The Bertz CT molecular complexity index is 710. The van der Waals surface area contributed by atoms with E-state index in [9.17, 15) is 0 Å². The van der Waals surface area contributed by atoms with Crippen LogP contribution >= 0.6 is 11.5 Å². The summed E-state index contributed by atoms with van der Waals surface area (Å²) in [7, 11) is 0. The Kier molecular flexibility index (Phi) is 4.78. The standard InChI is InChI=1S/C17H17N3OS/c21-12-14-8-6-13(7-9-14)10-11-18-17-19-16(20-22-17)15-4-2-1-3-5-15/h1-9,21H,10-12H2,(H,18,19,20). The molecule has 1 heterocycles. The summed E-state index contributed by atoms with van der Waals surface area (Å²) in [6.45, 7) is 0.896. The van der Waals surface area contributed by atoms with Crippen molar-refractivity contribution < 1.29 is 5.11 Å². The number of rotatable bonds is 6. The maximum Gasteiger partial charge on any atom is 0.202 e. The first-order valence-corrected chi connectivity index (χ1v) is 7.94. The fraction of sp³-hybridized carbons (Fsp3) is 0.176. The van der Waals surface area contributed by atoms with Gasteiger partial charge in [0.2, 0.25) is 5.13 Å². The van der Waals surface area contributed by atoms with Crippen molar-refractivity contribution in [2.45, 2.75) is 13.0 Å². The number of nitrogens with zero attached hydrogens (tertiary/aromatic N) is 2. The van der Waals surface area contributed by atoms with E-state index >= 15 is 0 Å². The van der Waals surface area contributed by atoms with E-state index in [1.165, 1.54) is 17.1 Å². The van der Waals surface area contributed by atoms with Crippen molar-refractivity contribution >= 4 is 16.7 Å². The van der Waals surface area contributed by atoms with Crippen LogP contribution < -0.4 is 5.32 Å². The highest BCUT2D eigenvalue weighted by atomic mass is 32.1. The van der Waals surface area contributed by atoms with Crippen LogP contribution in [0.1, 0.15) is 11.1 Å². The second-order valence-corrected chi connectivity index (χ2v) is 5.69. The van der Waals surface area contributed by atoms with Crippen LogP contribution in [0.15, 0.2) is 54.6 Å². The van der Waals surface area contributed by atoms with Crippen molar-refractivity contribution in [3.05, 3.63) is 65.7 Å². The van der Waals surface area contributed by atoms with Gasteiger partial charge in [0, 0.05) is 23.6 Å². The van der Waals surface area contributed by atoms with Gasteiger partial charge in [0.15, 0.2) is 5.82 Å². The van der Waals surface area contributed by atoms with Crippen LogP contribution in [0.25, 0.3) is 11.4 Å². The first-order valence-electron chi connectivity index (χ1n) is 7.17. The van der Waals surface area contributed by atoms with Crippen LogP contribution in [0.2, 0.25) is 0 Å². The molecule has 0 fully saturated rings. The van der Waals surface area contributed by atoms with Crippen LogP contribution in [-0.4, -0.2) is 21.0 Å². The van der Waals surface area contributed by atoms with Gasteiger partial charge in [-0.15, -0.1) is 0 Å². The lowest BCUT2D eigenvalue weighted by Crippen LogP contribution is -2.04. The smallest absolute Gasteiger partial charge is 0.202 e. The minimum Gasteiger partial charge on any atom is -0.392 e. The van der Waals surface area contributed by atoms with Crippen LogP contribution in [0.4, 0.5) is 5.13 Å². The Morgan fingerprint density at radius 2 is 1.68 bits per heavy atom. The van der Waals surface area contributed by atoms with E-state index in [-0.39, 0.29) is 6.61 Å². The Balaban J connectivity index is 1.54. The van der Waals surface area contributed by atoms with Crippen molar-refractivity contribution in [3.8, 4) is 11.4 Å². The molecule has 0 aliphatic carbocycles. The summed E-state index contributed by atoms with van der Waals surface area (Å²) in [5, 5.41) is 13.2. The second-order valence-electron chi connectivity index (χ2n) is 4.94. The van der Waals surface area contributed by atoms with Crippen LogP contribution in [-0.2, 0) is 13.0 Å². The number of aliphatic hydroxyl groups excluding tert-OH is 1. The summed E-state index contributed by atoms with van der Waals surface area (Å²) in [6, 6.07) is 18.0. The average Bonchev–Trinajstić information content (AvgIpc) is 3.05. The summed E-state index contributed by atoms with van der Waals surface area (Å²) in [4.78, 5) is 4.50. The molecule has 3 aromatic rings. The summed E-state index contributed by atoms with van der Waals surface area (Å²) in [6.07, 6.45) is 0.909. The molecule has 2 aromatic carbocycles. The Morgan fingerprint density at radius 1 is 0.955 bits per heavy atom. The van der Waals surface area contributed by atoms with Gasteiger partial charge < -0.3 is 10.4 Å². The maximum absolute atomic E-state index is 9.02. The Hall–Kier alpha value is -2.24. The van der Waals surface area contributed by atoms with E-state index in [2.05, 4.69) is 14.7 Å². The van der Waals surface area contributed by atoms with E-state index in [1.807, 2.05) is 54.6 Å². The molecule has 0 spiro atoms. The molecule has 4 nitrogen and oxygen atoms in total. The van der Waals surface area contributed by atoms with Gasteiger partial charge in [-0.25, -0.2) is 0 Å². The van der Waals surface area contributed by atoms with E-state index in [0.29, 0.717) is 0 Å². The number of anilines is 1. The lowest BCUT2D eigenvalue weighted by Gasteiger charge is -2.03. The van der Waals surface area contributed by atoms with Gasteiger partial charge in [0.05, 0.1) is 6.61 Å². The maximum atomic E-state index is 9.02. The SMILES string of the molecule is OCc1ccc(CCNc2nc(-c3ccccc3)ns2)cc1. The quantitative estimate of drug-likeness (QED) is 0.733. The van der Waals surface area contributed by atoms with E-state index in [4.69, 9.17) is 5.11 Å². The van der Waals surface area contributed by atoms with Gasteiger partial charge in [-0.1, -0.05) is 54.6 Å². The average molecular weight is 311 g/mol. The third kappa shape index (κ3) is 3.69. The van der Waals surface area contributed by atoms with Gasteiger partial charge in [0.25, 0.3) is 0 Å². The Morgan fingerprint density at radius 3 is 2.41 bits per heavy atom. The normalized spacial score (nSPS) is 10.6. The Labute approximate surface area is 133 Å². The van der Waals surface area contributed by atoms with Gasteiger partial charge in [-0.2, -0.15) is 9.36 Å². The minimum atomic E-state index is 0.0889. The molecular formula is C17H17N3OS. The number of benzene rings is 2. The molecule has 0 amide bonds. The summed E-state index contributed by atoms with van der Waals surface area (Å²) in [5.74, 6) is 0.764. The predicted molar refractivity (Wildman–Crippen MR) is 89.9 cm³/mol. The summed E-state index contributed by atoms with van der Waals surface area (Å²) >= 11 is 1.38. The molecule has 0 saturated heterocycles. The molecule has 0 radical (unpaired) electrons. The molecule has 2 N–H and O–H groups in total. The largest absolute Gasteiger partial charge is 0.392 e. The third-order valence-corrected chi connectivity index (χ3v) is 4.03. The molecule has 0 atom stereocenters. The fourth-order valence-electron chi connectivity index (χ4n) is 2.12. The predicted octanol–water partition coefficient (Wildman–Crippen LogP) is 3.35. The van der Waals surface area contributed by atoms with E-state index in [0.717, 1.165) is 35.0 Å². The fourth-order valence-corrected chi connectivity index (χ4v) is 2.74. The number of nitrogens with one attached hydrogen (secondary N) is 1.